The zero-order valence-corrected chi connectivity index (χ0v) is 39.6. The van der Waals surface area contributed by atoms with E-state index in [4.69, 9.17) is 23.7 Å². The summed E-state index contributed by atoms with van der Waals surface area (Å²) in [6.45, 7) is 12.2. The number of benzene rings is 6. The summed E-state index contributed by atoms with van der Waals surface area (Å²) in [5, 5.41) is 12.6. The number of phenolic OH excluding ortho intramolecular Hbond substituents is 1. The standard InChI is InChI=1S/C61H67N3O/c1-38(2)39-23-25-40(26-24-39)42-29-30-62-52(34-42)44-31-43(32-46(33-44)59(6,7)8)48-21-18-22-54-55(48)63-57(50-36-47(60(9,10)11)37-51(56(50)65)61(12,13)14)64(54)53-28-27-45(58(3,4)5)35-49(53)41-19-16-15-17-20-41/h15-38,65H,1-14H3/i3D3,4D3,5D3,38D. The number of pyridine rings is 1. The smallest absolute Gasteiger partial charge is 0.149 e. The molecule has 332 valence electrons. The van der Waals surface area contributed by atoms with Crippen molar-refractivity contribution in [1.82, 2.24) is 14.5 Å². The van der Waals surface area contributed by atoms with E-state index in [1.54, 1.807) is 30.3 Å². The van der Waals surface area contributed by atoms with Gasteiger partial charge in [-0.15, -0.1) is 0 Å². The van der Waals surface area contributed by atoms with Crippen molar-refractivity contribution in [2.75, 3.05) is 0 Å². The molecule has 8 aromatic rings. The first-order chi connectivity index (χ1) is 34.5. The zero-order valence-electron chi connectivity index (χ0n) is 49.6. The number of aromatic hydroxyl groups is 1. The van der Waals surface area contributed by atoms with Gasteiger partial charge in [0.15, 0.2) is 0 Å². The fourth-order valence-electron chi connectivity index (χ4n) is 8.51. The fraction of sp³-hybridized carbons (Fsp3) is 0.311. The average Bonchev–Trinajstić information content (AvgIpc) is 3.68. The van der Waals surface area contributed by atoms with Gasteiger partial charge in [0.1, 0.15) is 11.6 Å². The summed E-state index contributed by atoms with van der Waals surface area (Å²) in [7, 11) is 0. The minimum Gasteiger partial charge on any atom is -0.507 e. The lowest BCUT2D eigenvalue weighted by molar-refractivity contribution is 0.446. The van der Waals surface area contributed by atoms with Crippen molar-refractivity contribution in [3.8, 4) is 67.5 Å². The van der Waals surface area contributed by atoms with Crippen LogP contribution in [0.2, 0.25) is 0 Å². The lowest BCUT2D eigenvalue weighted by atomic mass is 9.79. The summed E-state index contributed by atoms with van der Waals surface area (Å²) in [6.07, 6.45) is 1.81. The van der Waals surface area contributed by atoms with E-state index >= 15 is 0 Å². The van der Waals surface area contributed by atoms with E-state index in [2.05, 4.69) is 65.8 Å². The molecule has 0 fully saturated rings. The lowest BCUT2D eigenvalue weighted by Crippen LogP contribution is -2.17. The van der Waals surface area contributed by atoms with Crippen LogP contribution < -0.4 is 0 Å². The average molecular weight is 868 g/mol. The topological polar surface area (TPSA) is 50.9 Å². The van der Waals surface area contributed by atoms with Gasteiger partial charge in [0, 0.05) is 42.2 Å². The maximum Gasteiger partial charge on any atom is 0.149 e. The Morgan fingerprint density at radius 2 is 1.20 bits per heavy atom. The molecule has 6 aromatic carbocycles. The number of rotatable bonds is 7. The summed E-state index contributed by atoms with van der Waals surface area (Å²) in [4.78, 5) is 10.4. The van der Waals surface area contributed by atoms with Crippen molar-refractivity contribution in [3.05, 3.63) is 167 Å². The summed E-state index contributed by atoms with van der Waals surface area (Å²) in [5.41, 5.74) is 7.00. The van der Waals surface area contributed by atoms with E-state index in [0.29, 0.717) is 44.8 Å². The first-order valence-corrected chi connectivity index (χ1v) is 22.4. The third-order valence-electron chi connectivity index (χ3n) is 12.4. The number of hydrogen-bond donors (Lipinski definition) is 1. The van der Waals surface area contributed by atoms with Crippen LogP contribution >= 0.6 is 0 Å². The number of nitrogens with zero attached hydrogens (tertiary/aromatic N) is 3. The molecule has 0 atom stereocenters. The number of aromatic nitrogens is 3. The van der Waals surface area contributed by atoms with E-state index in [1.807, 2.05) is 112 Å². The van der Waals surface area contributed by atoms with Gasteiger partial charge >= 0.3 is 0 Å². The SMILES string of the molecule is [2H]C(C)(C)c1ccc(-c2ccnc(-c3cc(-c4cccc5c4nc(-c4cc(C(C)(C)C)cc(C(C)(C)C)c4O)n5-c4ccc(C(C([2H])([2H])[2H])(C([2H])([2H])[2H])C([2H])([2H])[2H])cc4-c4ccccc4)cc(C(C)(C)C)c3)c2)cc1. The monoisotopic (exact) mass is 868 g/mol. The zero-order chi connectivity index (χ0) is 55.2. The Morgan fingerprint density at radius 3 is 1.85 bits per heavy atom. The summed E-state index contributed by atoms with van der Waals surface area (Å²) >= 11 is 0. The lowest BCUT2D eigenvalue weighted by Gasteiger charge is -2.28. The highest BCUT2D eigenvalue weighted by molar-refractivity contribution is 5.98. The molecule has 0 amide bonds. The van der Waals surface area contributed by atoms with Gasteiger partial charge in [-0.3, -0.25) is 9.55 Å². The molecule has 0 spiro atoms. The van der Waals surface area contributed by atoms with Crippen LogP contribution in [0.3, 0.4) is 0 Å². The van der Waals surface area contributed by atoms with Crippen molar-refractivity contribution in [2.24, 2.45) is 0 Å². The molecular formula is C61H67N3O. The predicted octanol–water partition coefficient (Wildman–Crippen LogP) is 16.8. The molecule has 0 saturated heterocycles. The van der Waals surface area contributed by atoms with Crippen LogP contribution in [0.1, 0.15) is 144 Å². The van der Waals surface area contributed by atoms with Gasteiger partial charge in [0.05, 0.1) is 28.0 Å². The Balaban J connectivity index is 1.48. The van der Waals surface area contributed by atoms with Crippen molar-refractivity contribution >= 4 is 11.0 Å². The molecule has 0 radical (unpaired) electrons. The van der Waals surface area contributed by atoms with Crippen LogP contribution in [0.15, 0.2) is 140 Å². The van der Waals surface area contributed by atoms with Crippen molar-refractivity contribution in [2.45, 2.75) is 124 Å². The third-order valence-corrected chi connectivity index (χ3v) is 12.4. The first-order valence-electron chi connectivity index (χ1n) is 27.4. The Morgan fingerprint density at radius 1 is 0.538 bits per heavy atom. The van der Waals surface area contributed by atoms with Gasteiger partial charge in [-0.25, -0.2) is 4.98 Å². The quantitative estimate of drug-likeness (QED) is 0.174. The molecule has 0 aliphatic rings. The minimum absolute atomic E-state index is 0.0266. The Labute approximate surface area is 402 Å². The fourth-order valence-corrected chi connectivity index (χ4v) is 8.51. The van der Waals surface area contributed by atoms with Crippen molar-refractivity contribution in [1.29, 1.82) is 0 Å². The van der Waals surface area contributed by atoms with E-state index in [9.17, 15) is 5.11 Å². The van der Waals surface area contributed by atoms with E-state index < -0.39 is 37.3 Å². The molecule has 0 unspecified atom stereocenters. The van der Waals surface area contributed by atoms with Crippen molar-refractivity contribution in [3.63, 3.8) is 0 Å². The van der Waals surface area contributed by atoms with E-state index in [1.165, 1.54) is 12.1 Å². The van der Waals surface area contributed by atoms with E-state index in [-0.39, 0.29) is 22.1 Å². The highest BCUT2D eigenvalue weighted by Crippen LogP contribution is 2.46. The molecule has 0 bridgehead atoms. The Hall–Kier alpha value is -6.26. The molecule has 1 N–H and O–H groups in total. The van der Waals surface area contributed by atoms with Gasteiger partial charge < -0.3 is 5.11 Å². The Bertz CT molecular complexity index is 3390. The molecule has 2 aromatic heterocycles. The molecule has 4 nitrogen and oxygen atoms in total. The first kappa shape index (κ1) is 34.1. The van der Waals surface area contributed by atoms with Crippen LogP contribution in [0.25, 0.3) is 72.7 Å². The molecule has 65 heavy (non-hydrogen) atoms. The summed E-state index contributed by atoms with van der Waals surface area (Å²) in [6, 6.07) is 41.8. The summed E-state index contributed by atoms with van der Waals surface area (Å²) < 4.78 is 88.2. The molecule has 0 aliphatic carbocycles. The van der Waals surface area contributed by atoms with Crippen molar-refractivity contribution < 1.29 is 18.8 Å². The highest BCUT2D eigenvalue weighted by atomic mass is 16.3. The number of phenols is 1. The molecule has 4 heteroatoms. The normalized spacial score (nSPS) is 15.7. The molecular weight excluding hydrogens is 791 g/mol. The maximum absolute atomic E-state index is 12.6. The molecule has 2 heterocycles. The maximum atomic E-state index is 12.6. The van der Waals surface area contributed by atoms with Gasteiger partial charge in [0.25, 0.3) is 0 Å². The van der Waals surface area contributed by atoms with Crippen LogP contribution in [0.5, 0.6) is 5.75 Å². The van der Waals surface area contributed by atoms with Gasteiger partial charge in [-0.05, 0) is 121 Å². The second-order valence-electron chi connectivity index (χ2n) is 20.8. The van der Waals surface area contributed by atoms with Crippen LogP contribution in [0, 0.1) is 0 Å². The van der Waals surface area contributed by atoms with Gasteiger partial charge in [-0.2, -0.15) is 0 Å². The number of hydrogen-bond acceptors (Lipinski definition) is 3. The minimum atomic E-state index is -3.49. The largest absolute Gasteiger partial charge is 0.507 e. The number of para-hydroxylation sites is 1. The summed E-state index contributed by atoms with van der Waals surface area (Å²) in [5.74, 6) is -0.353. The van der Waals surface area contributed by atoms with Crippen LogP contribution in [-0.2, 0) is 21.7 Å². The Kier molecular flexibility index (Phi) is 8.73. The van der Waals surface area contributed by atoms with Gasteiger partial charge in [0.2, 0.25) is 0 Å². The van der Waals surface area contributed by atoms with Crippen LogP contribution in [-0.4, -0.2) is 19.6 Å². The molecule has 8 rings (SSSR count). The predicted molar refractivity (Wildman–Crippen MR) is 277 cm³/mol. The van der Waals surface area contributed by atoms with Gasteiger partial charge in [-0.1, -0.05) is 182 Å². The molecule has 0 saturated carbocycles. The number of imidazole rings is 1. The second kappa shape index (κ2) is 16.6. The second-order valence-corrected chi connectivity index (χ2v) is 20.8. The molecule has 0 aliphatic heterocycles. The third kappa shape index (κ3) is 9.06. The van der Waals surface area contributed by atoms with Crippen LogP contribution in [0.4, 0.5) is 0 Å². The van der Waals surface area contributed by atoms with E-state index in [0.717, 1.165) is 50.2 Å². The number of fused-ring (bicyclic) bond motifs is 1. The highest BCUT2D eigenvalue weighted by Gasteiger charge is 2.30.